The van der Waals surface area contributed by atoms with Crippen LogP contribution in [0.5, 0.6) is 5.75 Å². The number of carbonyl (C=O) groups is 3. The third kappa shape index (κ3) is 5.65. The number of carbonyl (C=O) groups excluding carboxylic acids is 3. The SMILES string of the molecule is CCC(=O)c1ccc(OCC(=O)OCC(=O)[C@@H](C#N)C(C)=N)cc1. The Bertz CT molecular complexity index is 673. The Balaban J connectivity index is 2.44. The lowest BCUT2D eigenvalue weighted by Crippen LogP contribution is -2.27. The van der Waals surface area contributed by atoms with E-state index in [-0.39, 0.29) is 11.5 Å². The number of esters is 1. The summed E-state index contributed by atoms with van der Waals surface area (Å²) in [6, 6.07) is 7.99. The van der Waals surface area contributed by atoms with Gasteiger partial charge in [-0.1, -0.05) is 6.92 Å². The molecule has 126 valence electrons. The van der Waals surface area contributed by atoms with Crippen LogP contribution in [0.1, 0.15) is 30.6 Å². The van der Waals surface area contributed by atoms with Crippen LogP contribution in [0, 0.1) is 22.7 Å². The van der Waals surface area contributed by atoms with Gasteiger partial charge in [-0.15, -0.1) is 0 Å². The average Bonchev–Trinajstić information content (AvgIpc) is 2.58. The third-order valence-corrected chi connectivity index (χ3v) is 3.11. The molecule has 7 nitrogen and oxygen atoms in total. The van der Waals surface area contributed by atoms with Crippen molar-refractivity contribution < 1.29 is 23.9 Å². The van der Waals surface area contributed by atoms with E-state index in [9.17, 15) is 14.4 Å². The first-order valence-electron chi connectivity index (χ1n) is 7.28. The van der Waals surface area contributed by atoms with Crippen LogP contribution in [0.3, 0.4) is 0 Å². The first kappa shape index (κ1) is 19.0. The van der Waals surface area contributed by atoms with Gasteiger partial charge in [-0.2, -0.15) is 5.26 Å². The number of rotatable bonds is 9. The average molecular weight is 330 g/mol. The van der Waals surface area contributed by atoms with E-state index in [1.807, 2.05) is 0 Å². The fourth-order valence-corrected chi connectivity index (χ4v) is 1.77. The van der Waals surface area contributed by atoms with Crippen molar-refractivity contribution in [2.24, 2.45) is 5.92 Å². The Morgan fingerprint density at radius 1 is 1.21 bits per heavy atom. The zero-order valence-corrected chi connectivity index (χ0v) is 13.5. The Morgan fingerprint density at radius 2 is 1.83 bits per heavy atom. The van der Waals surface area contributed by atoms with E-state index < -0.39 is 30.9 Å². The van der Waals surface area contributed by atoms with Crippen molar-refractivity contribution in [2.45, 2.75) is 20.3 Å². The maximum absolute atomic E-state index is 11.6. The number of nitrogens with one attached hydrogen (secondary N) is 1. The molecule has 1 rings (SSSR count). The van der Waals surface area contributed by atoms with Crippen LogP contribution in [0.4, 0.5) is 0 Å². The standard InChI is InChI=1S/C17H18N2O5/c1-3-15(20)12-4-6-13(7-5-12)23-10-17(22)24-9-16(21)14(8-18)11(2)19/h4-7,14,19H,3,9-10H2,1-2H3/t14-/m0/s1. The lowest BCUT2D eigenvalue weighted by Gasteiger charge is -2.09. The number of ether oxygens (including phenoxy) is 2. The first-order valence-corrected chi connectivity index (χ1v) is 7.28. The van der Waals surface area contributed by atoms with Crippen molar-refractivity contribution in [1.29, 1.82) is 10.7 Å². The summed E-state index contributed by atoms with van der Waals surface area (Å²) in [5, 5.41) is 16.1. The molecule has 0 aliphatic carbocycles. The van der Waals surface area contributed by atoms with Crippen LogP contribution in [-0.2, 0) is 14.3 Å². The van der Waals surface area contributed by atoms with Crippen molar-refractivity contribution in [3.63, 3.8) is 0 Å². The molecule has 1 aromatic rings. The first-order chi connectivity index (χ1) is 11.4. The summed E-state index contributed by atoms with van der Waals surface area (Å²) in [5.74, 6) is -2.23. The number of nitrogens with zero attached hydrogens (tertiary/aromatic N) is 1. The Kier molecular flexibility index (Phi) is 7.30. The molecule has 0 fully saturated rings. The molecule has 0 aromatic heterocycles. The molecule has 0 heterocycles. The molecule has 1 aromatic carbocycles. The smallest absolute Gasteiger partial charge is 0.344 e. The number of ketones is 2. The minimum Gasteiger partial charge on any atom is -0.482 e. The molecule has 1 atom stereocenters. The van der Waals surface area contributed by atoms with Gasteiger partial charge in [-0.25, -0.2) is 4.79 Å². The van der Waals surface area contributed by atoms with E-state index >= 15 is 0 Å². The maximum atomic E-state index is 11.6. The lowest BCUT2D eigenvalue weighted by molar-refractivity contribution is -0.150. The molecule has 0 spiro atoms. The highest BCUT2D eigenvalue weighted by Crippen LogP contribution is 2.13. The molecule has 0 amide bonds. The second kappa shape index (κ2) is 9.20. The molecule has 0 saturated heterocycles. The normalized spacial score (nSPS) is 11.0. The summed E-state index contributed by atoms with van der Waals surface area (Å²) in [4.78, 5) is 34.6. The van der Waals surface area contributed by atoms with E-state index in [1.165, 1.54) is 6.92 Å². The number of hydrogen-bond acceptors (Lipinski definition) is 7. The Hall–Kier alpha value is -3.01. The van der Waals surface area contributed by atoms with Crippen LogP contribution in [0.15, 0.2) is 24.3 Å². The van der Waals surface area contributed by atoms with E-state index in [2.05, 4.69) is 0 Å². The highest BCUT2D eigenvalue weighted by molar-refractivity contribution is 6.06. The van der Waals surface area contributed by atoms with Crippen LogP contribution < -0.4 is 4.74 Å². The van der Waals surface area contributed by atoms with Gasteiger partial charge in [0.15, 0.2) is 24.8 Å². The second-order valence-electron chi connectivity index (χ2n) is 4.96. The van der Waals surface area contributed by atoms with Gasteiger partial charge in [-0.3, -0.25) is 9.59 Å². The van der Waals surface area contributed by atoms with E-state index in [0.29, 0.717) is 17.7 Å². The number of benzene rings is 1. The van der Waals surface area contributed by atoms with E-state index in [0.717, 1.165) is 0 Å². The highest BCUT2D eigenvalue weighted by atomic mass is 16.6. The Morgan fingerprint density at radius 3 is 2.33 bits per heavy atom. The van der Waals surface area contributed by atoms with Crippen LogP contribution in [0.25, 0.3) is 0 Å². The van der Waals surface area contributed by atoms with Crippen molar-refractivity contribution >= 4 is 23.2 Å². The van der Waals surface area contributed by atoms with Gasteiger partial charge in [0.25, 0.3) is 0 Å². The fraction of sp³-hybridized carbons (Fsp3) is 0.353. The minimum atomic E-state index is -1.21. The number of Topliss-reactive ketones (excluding diaryl/α,β-unsaturated/α-hetero) is 2. The van der Waals surface area contributed by atoms with Gasteiger partial charge in [0.2, 0.25) is 0 Å². The molecule has 0 saturated carbocycles. The number of hydrogen-bond donors (Lipinski definition) is 1. The van der Waals surface area contributed by atoms with Gasteiger partial charge < -0.3 is 14.9 Å². The highest BCUT2D eigenvalue weighted by Gasteiger charge is 2.21. The molecule has 1 N–H and O–H groups in total. The van der Waals surface area contributed by atoms with Crippen molar-refractivity contribution in [3.8, 4) is 11.8 Å². The predicted molar refractivity (Wildman–Crippen MR) is 85.0 cm³/mol. The lowest BCUT2D eigenvalue weighted by atomic mass is 10.0. The fourth-order valence-electron chi connectivity index (χ4n) is 1.77. The topological polar surface area (TPSA) is 117 Å². The van der Waals surface area contributed by atoms with E-state index in [1.54, 1.807) is 37.3 Å². The summed E-state index contributed by atoms with van der Waals surface area (Å²) < 4.78 is 9.92. The molecule has 24 heavy (non-hydrogen) atoms. The molecular weight excluding hydrogens is 312 g/mol. The summed E-state index contributed by atoms with van der Waals surface area (Å²) in [6.45, 7) is 2.11. The molecule has 0 bridgehead atoms. The van der Waals surface area contributed by atoms with Crippen molar-refractivity contribution in [1.82, 2.24) is 0 Å². The summed E-state index contributed by atoms with van der Waals surface area (Å²) in [5.41, 5.74) is 0.457. The quantitative estimate of drug-likeness (QED) is 0.420. The van der Waals surface area contributed by atoms with Crippen LogP contribution in [-0.4, -0.2) is 36.5 Å². The van der Waals surface area contributed by atoms with E-state index in [4.69, 9.17) is 20.1 Å². The maximum Gasteiger partial charge on any atom is 0.344 e. The van der Waals surface area contributed by atoms with Gasteiger partial charge in [-0.05, 0) is 31.2 Å². The van der Waals surface area contributed by atoms with Crippen LogP contribution >= 0.6 is 0 Å². The predicted octanol–water partition coefficient (Wildman–Crippen LogP) is 1.95. The minimum absolute atomic E-state index is 0.00742. The summed E-state index contributed by atoms with van der Waals surface area (Å²) >= 11 is 0. The molecular formula is C17H18N2O5. The Labute approximate surface area is 139 Å². The van der Waals surface area contributed by atoms with Crippen molar-refractivity contribution in [3.05, 3.63) is 29.8 Å². The third-order valence-electron chi connectivity index (χ3n) is 3.11. The monoisotopic (exact) mass is 330 g/mol. The molecule has 0 radical (unpaired) electrons. The number of nitriles is 1. The van der Waals surface area contributed by atoms with Crippen molar-refractivity contribution in [2.75, 3.05) is 13.2 Å². The zero-order valence-electron chi connectivity index (χ0n) is 13.5. The zero-order chi connectivity index (χ0) is 18.1. The second-order valence-corrected chi connectivity index (χ2v) is 4.96. The molecule has 0 aliphatic heterocycles. The molecule has 0 unspecified atom stereocenters. The summed E-state index contributed by atoms with van der Waals surface area (Å²) in [6.07, 6.45) is 0.402. The van der Waals surface area contributed by atoms with Gasteiger partial charge in [0.1, 0.15) is 11.7 Å². The largest absolute Gasteiger partial charge is 0.482 e. The molecule has 7 heteroatoms. The van der Waals surface area contributed by atoms with Gasteiger partial charge >= 0.3 is 5.97 Å². The van der Waals surface area contributed by atoms with Gasteiger partial charge in [0, 0.05) is 17.7 Å². The van der Waals surface area contributed by atoms with Gasteiger partial charge in [0.05, 0.1) is 6.07 Å². The summed E-state index contributed by atoms with van der Waals surface area (Å²) in [7, 11) is 0. The molecule has 0 aliphatic rings. The van der Waals surface area contributed by atoms with Crippen LogP contribution in [0.2, 0.25) is 0 Å².